The molecule has 0 spiro atoms. The van der Waals surface area contributed by atoms with Gasteiger partial charge in [-0.25, -0.2) is 4.98 Å². The average molecular weight is 460 g/mol. The number of carbonyl (C=O) groups is 2. The van der Waals surface area contributed by atoms with Crippen LogP contribution in [0.3, 0.4) is 0 Å². The Balaban J connectivity index is 1.40. The first-order chi connectivity index (χ1) is 13.1. The molecule has 0 bridgehead atoms. The van der Waals surface area contributed by atoms with Crippen LogP contribution >= 0.6 is 39.0 Å². The van der Waals surface area contributed by atoms with E-state index in [1.807, 2.05) is 53.9 Å². The van der Waals surface area contributed by atoms with E-state index < -0.39 is 5.25 Å². The number of hydrogen-bond acceptors (Lipinski definition) is 5. The molecule has 0 radical (unpaired) electrons. The van der Waals surface area contributed by atoms with Crippen LogP contribution in [0.25, 0.3) is 11.3 Å². The third-order valence-electron chi connectivity index (χ3n) is 3.97. The molecule has 1 aliphatic heterocycles. The largest absolute Gasteiger partial charge is 0.324 e. The molecule has 136 valence electrons. The molecule has 0 saturated heterocycles. The zero-order valence-electron chi connectivity index (χ0n) is 13.9. The quantitative estimate of drug-likeness (QED) is 0.574. The summed E-state index contributed by atoms with van der Waals surface area (Å²) in [4.78, 5) is 30.1. The first-order valence-corrected chi connectivity index (χ1v) is 10.7. The number of carbonyl (C=O) groups excluding carboxylic acids is 2. The number of nitrogens with zero attached hydrogens (tertiary/aromatic N) is 1. The molecule has 0 aliphatic carbocycles. The van der Waals surface area contributed by atoms with Gasteiger partial charge in [0.05, 0.1) is 16.6 Å². The number of benzene rings is 2. The molecule has 27 heavy (non-hydrogen) atoms. The van der Waals surface area contributed by atoms with Crippen molar-refractivity contribution in [1.29, 1.82) is 0 Å². The number of halogens is 1. The van der Waals surface area contributed by atoms with Gasteiger partial charge in [-0.3, -0.25) is 9.59 Å². The van der Waals surface area contributed by atoms with Crippen LogP contribution in [0.5, 0.6) is 0 Å². The molecule has 3 aromatic rings. The van der Waals surface area contributed by atoms with Gasteiger partial charge in [-0.2, -0.15) is 0 Å². The third kappa shape index (κ3) is 4.23. The minimum absolute atomic E-state index is 0.0953. The highest BCUT2D eigenvalue weighted by Crippen LogP contribution is 2.36. The lowest BCUT2D eigenvalue weighted by atomic mass is 10.2. The second-order valence-electron chi connectivity index (χ2n) is 5.89. The van der Waals surface area contributed by atoms with Crippen LogP contribution in [-0.2, 0) is 9.59 Å². The van der Waals surface area contributed by atoms with E-state index in [4.69, 9.17) is 0 Å². The van der Waals surface area contributed by atoms with Gasteiger partial charge in [-0.15, -0.1) is 23.1 Å². The minimum Gasteiger partial charge on any atom is -0.324 e. The van der Waals surface area contributed by atoms with Gasteiger partial charge < -0.3 is 10.6 Å². The summed E-state index contributed by atoms with van der Waals surface area (Å²) in [6.07, 6.45) is 0.0953. The Morgan fingerprint density at radius 1 is 1.19 bits per heavy atom. The molecule has 0 fully saturated rings. The summed E-state index contributed by atoms with van der Waals surface area (Å²) in [5.74, 6) is -0.373. The van der Waals surface area contributed by atoms with Crippen LogP contribution in [0.4, 0.5) is 10.8 Å². The number of hydrogen-bond donors (Lipinski definition) is 2. The fraction of sp³-hybridized carbons (Fsp3) is 0.105. The fourth-order valence-electron chi connectivity index (χ4n) is 2.65. The Morgan fingerprint density at radius 2 is 1.96 bits per heavy atom. The van der Waals surface area contributed by atoms with Gasteiger partial charge in [-0.1, -0.05) is 40.2 Å². The average Bonchev–Trinajstić information content (AvgIpc) is 3.11. The van der Waals surface area contributed by atoms with E-state index in [0.29, 0.717) is 5.13 Å². The molecule has 5 nitrogen and oxygen atoms in total. The normalized spacial score (nSPS) is 15.7. The lowest BCUT2D eigenvalue weighted by molar-refractivity contribution is -0.120. The Morgan fingerprint density at radius 3 is 2.78 bits per heavy atom. The summed E-state index contributed by atoms with van der Waals surface area (Å²) >= 11 is 6.19. The number of anilines is 2. The lowest BCUT2D eigenvalue weighted by Crippen LogP contribution is -2.32. The number of nitrogens with one attached hydrogen (secondary N) is 2. The van der Waals surface area contributed by atoms with Gasteiger partial charge in [0.1, 0.15) is 0 Å². The second-order valence-corrected chi connectivity index (χ2v) is 8.91. The summed E-state index contributed by atoms with van der Waals surface area (Å²) < 4.78 is 1.000. The van der Waals surface area contributed by atoms with Crippen LogP contribution in [0, 0.1) is 0 Å². The van der Waals surface area contributed by atoms with Crippen LogP contribution in [-0.4, -0.2) is 22.0 Å². The van der Waals surface area contributed by atoms with Gasteiger partial charge in [0, 0.05) is 26.7 Å². The lowest BCUT2D eigenvalue weighted by Gasteiger charge is -2.23. The van der Waals surface area contributed by atoms with Crippen LogP contribution in [0.15, 0.2) is 63.3 Å². The molecule has 1 aliphatic rings. The number of thioether (sulfide) groups is 1. The molecular formula is C19H14BrN3O2S2. The highest BCUT2D eigenvalue weighted by molar-refractivity contribution is 9.10. The SMILES string of the molecule is O=C(CC1Sc2ccccc2NC1=O)Nc1nc(-c2ccc(Br)cc2)cs1. The fourth-order valence-corrected chi connectivity index (χ4v) is 4.76. The van der Waals surface area contributed by atoms with Crippen molar-refractivity contribution in [2.24, 2.45) is 0 Å². The monoisotopic (exact) mass is 459 g/mol. The topological polar surface area (TPSA) is 71.1 Å². The summed E-state index contributed by atoms with van der Waals surface area (Å²) in [6.45, 7) is 0. The van der Waals surface area contributed by atoms with Gasteiger partial charge in [0.2, 0.25) is 11.8 Å². The van der Waals surface area contributed by atoms with Crippen molar-refractivity contribution in [3.05, 3.63) is 58.4 Å². The molecule has 2 amide bonds. The third-order valence-corrected chi connectivity index (χ3v) is 6.53. The number of fused-ring (bicyclic) bond motifs is 1. The molecule has 2 heterocycles. The summed E-state index contributed by atoms with van der Waals surface area (Å²) in [7, 11) is 0. The smallest absolute Gasteiger partial charge is 0.238 e. The summed E-state index contributed by atoms with van der Waals surface area (Å²) in [5.41, 5.74) is 2.58. The van der Waals surface area contributed by atoms with Gasteiger partial charge >= 0.3 is 0 Å². The summed E-state index contributed by atoms with van der Waals surface area (Å²) in [6, 6.07) is 15.4. The van der Waals surface area contributed by atoms with E-state index in [2.05, 4.69) is 31.5 Å². The molecule has 1 aromatic heterocycles. The van der Waals surface area contributed by atoms with Crippen molar-refractivity contribution in [3.63, 3.8) is 0 Å². The second kappa shape index (κ2) is 7.84. The van der Waals surface area contributed by atoms with E-state index in [9.17, 15) is 9.59 Å². The predicted octanol–water partition coefficient (Wildman–Crippen LogP) is 5.01. The molecule has 1 atom stereocenters. The first-order valence-electron chi connectivity index (χ1n) is 8.16. The highest BCUT2D eigenvalue weighted by atomic mass is 79.9. The van der Waals surface area contributed by atoms with Crippen molar-refractivity contribution in [1.82, 2.24) is 4.98 Å². The van der Waals surface area contributed by atoms with Crippen molar-refractivity contribution in [2.45, 2.75) is 16.6 Å². The number of aromatic nitrogens is 1. The Kier molecular flexibility index (Phi) is 5.29. The number of rotatable bonds is 4. The zero-order valence-corrected chi connectivity index (χ0v) is 17.2. The number of para-hydroxylation sites is 1. The van der Waals surface area contributed by atoms with Crippen molar-refractivity contribution in [2.75, 3.05) is 10.6 Å². The maximum atomic E-state index is 12.4. The zero-order chi connectivity index (χ0) is 18.8. The maximum absolute atomic E-state index is 12.4. The van der Waals surface area contributed by atoms with Crippen LogP contribution < -0.4 is 10.6 Å². The van der Waals surface area contributed by atoms with Gasteiger partial charge in [0.25, 0.3) is 0 Å². The summed E-state index contributed by atoms with van der Waals surface area (Å²) in [5, 5.41) is 7.63. The van der Waals surface area contributed by atoms with E-state index in [0.717, 1.165) is 26.3 Å². The highest BCUT2D eigenvalue weighted by Gasteiger charge is 2.29. The number of amides is 2. The molecule has 2 N–H and O–H groups in total. The van der Waals surface area contributed by atoms with Gasteiger partial charge in [-0.05, 0) is 24.3 Å². The van der Waals surface area contributed by atoms with E-state index in [1.54, 1.807) is 0 Å². The maximum Gasteiger partial charge on any atom is 0.238 e. The molecule has 4 rings (SSSR count). The Hall–Kier alpha value is -2.16. The van der Waals surface area contributed by atoms with Gasteiger partial charge in [0.15, 0.2) is 5.13 Å². The number of thiazole rings is 1. The van der Waals surface area contributed by atoms with E-state index in [1.165, 1.54) is 23.1 Å². The van der Waals surface area contributed by atoms with Crippen molar-refractivity contribution < 1.29 is 9.59 Å². The Labute approximate surface area is 172 Å². The van der Waals surface area contributed by atoms with E-state index in [-0.39, 0.29) is 18.2 Å². The predicted molar refractivity (Wildman–Crippen MR) is 113 cm³/mol. The van der Waals surface area contributed by atoms with Crippen molar-refractivity contribution in [3.8, 4) is 11.3 Å². The molecular weight excluding hydrogens is 446 g/mol. The molecule has 2 aromatic carbocycles. The van der Waals surface area contributed by atoms with Crippen LogP contribution in [0.2, 0.25) is 0 Å². The molecule has 8 heteroatoms. The molecule has 0 saturated carbocycles. The first kappa shape index (κ1) is 18.2. The van der Waals surface area contributed by atoms with Crippen LogP contribution in [0.1, 0.15) is 6.42 Å². The van der Waals surface area contributed by atoms with E-state index >= 15 is 0 Å². The van der Waals surface area contributed by atoms with Crippen molar-refractivity contribution >= 4 is 61.7 Å². The standard InChI is InChI=1S/C19H14BrN3O2S2/c20-12-7-5-11(6-8-12)14-10-26-19(22-14)23-17(24)9-16-18(25)21-13-3-1-2-4-15(13)27-16/h1-8,10,16H,9H2,(H,21,25)(H,22,23,24). The minimum atomic E-state index is -0.453. The Bertz CT molecular complexity index is 1000. The molecule has 1 unspecified atom stereocenters.